The summed E-state index contributed by atoms with van der Waals surface area (Å²) in [5.41, 5.74) is 1.77. The molecule has 0 bridgehead atoms. The van der Waals surface area contributed by atoms with E-state index in [-0.39, 0.29) is 23.6 Å². The fourth-order valence-corrected chi connectivity index (χ4v) is 3.65. The summed E-state index contributed by atoms with van der Waals surface area (Å²) in [6, 6.07) is 9.13. The molecule has 1 aromatic carbocycles. The number of carbonyl (C=O) groups is 1. The van der Waals surface area contributed by atoms with E-state index in [9.17, 15) is 9.90 Å². The Morgan fingerprint density at radius 2 is 2.28 bits per heavy atom. The Bertz CT molecular complexity index is 885. The molecule has 0 saturated heterocycles. The molecule has 3 aromatic rings. The standard InChI is InChI=1S/C19H21N3O3/c1-12-4-2-5-17-14(12)10-18(25-17)19(24)21-15-8-13(9-16(15)23)11-22-7-3-6-20-22/h2-7,10,13,15-16,23H,8-9,11H2,1H3,(H,21,24)/t13?,15-,16-/m1/s1. The summed E-state index contributed by atoms with van der Waals surface area (Å²) >= 11 is 0. The van der Waals surface area contributed by atoms with E-state index in [1.54, 1.807) is 12.3 Å². The van der Waals surface area contributed by atoms with E-state index in [2.05, 4.69) is 10.4 Å². The number of aliphatic hydroxyl groups is 1. The van der Waals surface area contributed by atoms with E-state index < -0.39 is 6.10 Å². The van der Waals surface area contributed by atoms with Crippen LogP contribution >= 0.6 is 0 Å². The Morgan fingerprint density at radius 1 is 1.40 bits per heavy atom. The molecular formula is C19H21N3O3. The SMILES string of the molecule is Cc1cccc2oc(C(=O)N[C@@H]3CC(Cn4cccn4)C[C@H]3O)cc12. The normalized spacial score (nSPS) is 23.2. The Kier molecular flexibility index (Phi) is 4.05. The molecule has 0 spiro atoms. The molecule has 3 atom stereocenters. The number of benzene rings is 1. The maximum atomic E-state index is 12.5. The zero-order valence-corrected chi connectivity index (χ0v) is 14.1. The van der Waals surface area contributed by atoms with Crippen LogP contribution in [0.25, 0.3) is 11.0 Å². The van der Waals surface area contributed by atoms with Gasteiger partial charge in [0, 0.05) is 24.3 Å². The van der Waals surface area contributed by atoms with Gasteiger partial charge in [-0.05, 0) is 49.4 Å². The van der Waals surface area contributed by atoms with Gasteiger partial charge >= 0.3 is 0 Å². The van der Waals surface area contributed by atoms with Gasteiger partial charge in [-0.2, -0.15) is 5.10 Å². The number of hydrogen-bond donors (Lipinski definition) is 2. The largest absolute Gasteiger partial charge is 0.451 e. The van der Waals surface area contributed by atoms with Gasteiger partial charge in [-0.15, -0.1) is 0 Å². The van der Waals surface area contributed by atoms with Gasteiger partial charge in [-0.3, -0.25) is 9.48 Å². The lowest BCUT2D eigenvalue weighted by atomic mass is 10.1. The third-order valence-electron chi connectivity index (χ3n) is 4.95. The predicted molar refractivity (Wildman–Crippen MR) is 93.2 cm³/mol. The number of rotatable bonds is 4. The van der Waals surface area contributed by atoms with Crippen LogP contribution in [0.15, 0.2) is 47.1 Å². The molecule has 1 fully saturated rings. The maximum Gasteiger partial charge on any atom is 0.287 e. The minimum Gasteiger partial charge on any atom is -0.451 e. The van der Waals surface area contributed by atoms with E-state index in [1.165, 1.54) is 0 Å². The van der Waals surface area contributed by atoms with Crippen LogP contribution in [-0.2, 0) is 6.54 Å². The van der Waals surface area contributed by atoms with Crippen LogP contribution in [0.2, 0.25) is 0 Å². The van der Waals surface area contributed by atoms with Gasteiger partial charge in [0.2, 0.25) is 0 Å². The monoisotopic (exact) mass is 339 g/mol. The second kappa shape index (κ2) is 6.37. The molecule has 1 aliphatic rings. The van der Waals surface area contributed by atoms with Gasteiger partial charge in [0.25, 0.3) is 5.91 Å². The molecule has 6 nitrogen and oxygen atoms in total. The number of aromatic nitrogens is 2. The van der Waals surface area contributed by atoms with Crippen LogP contribution in [0.1, 0.15) is 29.0 Å². The third kappa shape index (κ3) is 3.17. The van der Waals surface area contributed by atoms with Crippen molar-refractivity contribution in [1.82, 2.24) is 15.1 Å². The van der Waals surface area contributed by atoms with Gasteiger partial charge < -0.3 is 14.8 Å². The third-order valence-corrected chi connectivity index (χ3v) is 4.95. The minimum absolute atomic E-state index is 0.262. The highest BCUT2D eigenvalue weighted by Crippen LogP contribution is 2.28. The Balaban J connectivity index is 1.43. The van der Waals surface area contributed by atoms with Crippen molar-refractivity contribution in [2.45, 2.75) is 38.5 Å². The van der Waals surface area contributed by atoms with Crippen LogP contribution in [0.5, 0.6) is 0 Å². The van der Waals surface area contributed by atoms with Gasteiger partial charge in [0.1, 0.15) is 5.58 Å². The van der Waals surface area contributed by atoms with Gasteiger partial charge in [-0.25, -0.2) is 0 Å². The van der Waals surface area contributed by atoms with Crippen molar-refractivity contribution in [3.05, 3.63) is 54.0 Å². The second-order valence-corrected chi connectivity index (χ2v) is 6.81. The zero-order valence-electron chi connectivity index (χ0n) is 14.1. The zero-order chi connectivity index (χ0) is 17.4. The summed E-state index contributed by atoms with van der Waals surface area (Å²) in [5.74, 6) is 0.296. The van der Waals surface area contributed by atoms with E-state index >= 15 is 0 Å². The fourth-order valence-electron chi connectivity index (χ4n) is 3.65. The molecule has 0 aliphatic heterocycles. The number of nitrogens with zero attached hydrogens (tertiary/aromatic N) is 2. The summed E-state index contributed by atoms with van der Waals surface area (Å²) in [6.07, 6.45) is 4.50. The molecule has 1 aliphatic carbocycles. The summed E-state index contributed by atoms with van der Waals surface area (Å²) in [4.78, 5) is 12.5. The molecule has 2 heterocycles. The Hall–Kier alpha value is -2.60. The smallest absolute Gasteiger partial charge is 0.287 e. The van der Waals surface area contributed by atoms with Crippen LogP contribution in [0.4, 0.5) is 0 Å². The van der Waals surface area contributed by atoms with E-state index in [0.717, 1.165) is 23.9 Å². The molecule has 2 N–H and O–H groups in total. The molecule has 2 aromatic heterocycles. The first-order valence-electron chi connectivity index (χ1n) is 8.55. The summed E-state index contributed by atoms with van der Waals surface area (Å²) < 4.78 is 7.53. The van der Waals surface area contributed by atoms with Gasteiger partial charge in [0.15, 0.2) is 5.76 Å². The van der Waals surface area contributed by atoms with Crippen molar-refractivity contribution in [3.63, 3.8) is 0 Å². The van der Waals surface area contributed by atoms with Crippen LogP contribution in [-0.4, -0.2) is 32.9 Å². The molecule has 4 rings (SSSR count). The topological polar surface area (TPSA) is 80.3 Å². The molecule has 1 unspecified atom stereocenters. The fraction of sp³-hybridized carbons (Fsp3) is 0.368. The summed E-state index contributed by atoms with van der Waals surface area (Å²) in [6.45, 7) is 2.74. The average molecular weight is 339 g/mol. The number of aliphatic hydroxyl groups excluding tert-OH is 1. The lowest BCUT2D eigenvalue weighted by Crippen LogP contribution is -2.39. The number of aryl methyl sites for hydroxylation is 1. The van der Waals surface area contributed by atoms with Crippen molar-refractivity contribution >= 4 is 16.9 Å². The van der Waals surface area contributed by atoms with Crippen molar-refractivity contribution in [2.24, 2.45) is 5.92 Å². The highest BCUT2D eigenvalue weighted by molar-refractivity contribution is 5.97. The molecule has 1 amide bonds. The number of furan rings is 1. The molecule has 6 heteroatoms. The molecule has 1 saturated carbocycles. The first-order valence-corrected chi connectivity index (χ1v) is 8.55. The lowest BCUT2D eigenvalue weighted by Gasteiger charge is -2.15. The minimum atomic E-state index is -0.546. The number of carbonyl (C=O) groups excluding carboxylic acids is 1. The summed E-state index contributed by atoms with van der Waals surface area (Å²) in [7, 11) is 0. The molecule has 25 heavy (non-hydrogen) atoms. The number of fused-ring (bicyclic) bond motifs is 1. The average Bonchev–Trinajstić information content (AvgIpc) is 3.29. The van der Waals surface area contributed by atoms with Crippen molar-refractivity contribution in [3.8, 4) is 0 Å². The first-order chi connectivity index (χ1) is 12.1. The lowest BCUT2D eigenvalue weighted by molar-refractivity contribution is 0.0848. The van der Waals surface area contributed by atoms with Gasteiger partial charge in [0.05, 0.1) is 12.1 Å². The maximum absolute atomic E-state index is 12.5. The van der Waals surface area contributed by atoms with Crippen molar-refractivity contribution < 1.29 is 14.3 Å². The Labute approximate surface area is 145 Å². The predicted octanol–water partition coefficient (Wildman–Crippen LogP) is 2.51. The van der Waals surface area contributed by atoms with Gasteiger partial charge in [-0.1, -0.05) is 12.1 Å². The van der Waals surface area contributed by atoms with Crippen LogP contribution < -0.4 is 5.32 Å². The molecule has 0 radical (unpaired) electrons. The first kappa shape index (κ1) is 15.9. The van der Waals surface area contributed by atoms with E-state index in [1.807, 2.05) is 42.1 Å². The molecule has 130 valence electrons. The number of hydrogen-bond acceptors (Lipinski definition) is 4. The van der Waals surface area contributed by atoms with E-state index in [4.69, 9.17) is 4.42 Å². The van der Waals surface area contributed by atoms with Crippen LogP contribution in [0, 0.1) is 12.8 Å². The Morgan fingerprint density at radius 3 is 3.04 bits per heavy atom. The van der Waals surface area contributed by atoms with Crippen molar-refractivity contribution in [1.29, 1.82) is 0 Å². The number of amides is 1. The van der Waals surface area contributed by atoms with Crippen molar-refractivity contribution in [2.75, 3.05) is 0 Å². The van der Waals surface area contributed by atoms with Crippen LogP contribution in [0.3, 0.4) is 0 Å². The van der Waals surface area contributed by atoms with E-state index in [0.29, 0.717) is 12.0 Å². The summed E-state index contributed by atoms with van der Waals surface area (Å²) in [5, 5.41) is 18.4. The highest BCUT2D eigenvalue weighted by Gasteiger charge is 2.34. The quantitative estimate of drug-likeness (QED) is 0.765. The second-order valence-electron chi connectivity index (χ2n) is 6.81. The number of nitrogens with one attached hydrogen (secondary N) is 1. The highest BCUT2D eigenvalue weighted by atomic mass is 16.3. The molecular weight excluding hydrogens is 318 g/mol.